The minimum atomic E-state index is -4.68. The number of benzene rings is 2. The number of methoxy groups -OCH3 is 1. The van der Waals surface area contributed by atoms with Gasteiger partial charge in [0.15, 0.2) is 0 Å². The van der Waals surface area contributed by atoms with Crippen LogP contribution in [0.1, 0.15) is 29.1 Å². The number of carbonyl (C=O) groups is 1. The van der Waals surface area contributed by atoms with E-state index in [0.29, 0.717) is 48.6 Å². The number of piperidine rings is 1. The summed E-state index contributed by atoms with van der Waals surface area (Å²) in [4.78, 5) is 17.8. The summed E-state index contributed by atoms with van der Waals surface area (Å²) in [6.45, 7) is 1.13. The van der Waals surface area contributed by atoms with E-state index in [1.54, 1.807) is 60.5 Å². The summed E-state index contributed by atoms with van der Waals surface area (Å²) in [5, 5.41) is 3.37. The Morgan fingerprint density at radius 2 is 1.66 bits per heavy atom. The Hall–Kier alpha value is -3.56. The van der Waals surface area contributed by atoms with Crippen LogP contribution < -0.4 is 9.47 Å². The quantitative estimate of drug-likeness (QED) is 0.575. The van der Waals surface area contributed by atoms with Gasteiger partial charge in [0.1, 0.15) is 17.6 Å². The molecule has 4 rings (SSSR count). The predicted molar refractivity (Wildman–Crippen MR) is 107 cm³/mol. The van der Waals surface area contributed by atoms with E-state index in [0.717, 1.165) is 0 Å². The van der Waals surface area contributed by atoms with Crippen LogP contribution in [0.4, 0.5) is 13.2 Å². The van der Waals surface area contributed by atoms with Gasteiger partial charge in [0, 0.05) is 37.1 Å². The average molecular weight is 447 g/mol. The molecule has 0 spiro atoms. The SMILES string of the molecule is COc1ccc(C(=O)N2CCC(Oc3ccc(-c4noc(C(F)(F)F)n4)cc3)CC2)cc1. The van der Waals surface area contributed by atoms with Crippen molar-refractivity contribution in [3.63, 3.8) is 0 Å². The Balaban J connectivity index is 1.31. The Labute approximate surface area is 181 Å². The van der Waals surface area contributed by atoms with Crippen LogP contribution in [-0.4, -0.2) is 47.3 Å². The number of ether oxygens (including phenoxy) is 2. The minimum absolute atomic E-state index is 0.0335. The van der Waals surface area contributed by atoms with E-state index < -0.39 is 12.1 Å². The molecule has 1 aromatic heterocycles. The number of likely N-dealkylation sites (tertiary alicyclic amines) is 1. The van der Waals surface area contributed by atoms with Crippen molar-refractivity contribution in [1.82, 2.24) is 15.0 Å². The molecule has 0 aliphatic carbocycles. The van der Waals surface area contributed by atoms with Crippen LogP contribution in [-0.2, 0) is 6.18 Å². The maximum Gasteiger partial charge on any atom is 0.471 e. The van der Waals surface area contributed by atoms with E-state index in [2.05, 4.69) is 14.7 Å². The average Bonchev–Trinajstić information content (AvgIpc) is 3.31. The highest BCUT2D eigenvalue weighted by molar-refractivity contribution is 5.94. The lowest BCUT2D eigenvalue weighted by atomic mass is 10.1. The summed E-state index contributed by atoms with van der Waals surface area (Å²) in [6.07, 6.45) is -3.41. The van der Waals surface area contributed by atoms with Gasteiger partial charge < -0.3 is 18.9 Å². The zero-order chi connectivity index (χ0) is 22.7. The van der Waals surface area contributed by atoms with Crippen LogP contribution >= 0.6 is 0 Å². The van der Waals surface area contributed by atoms with Gasteiger partial charge in [-0.2, -0.15) is 18.2 Å². The third-order valence-electron chi connectivity index (χ3n) is 5.15. The molecule has 0 bridgehead atoms. The van der Waals surface area contributed by atoms with E-state index in [4.69, 9.17) is 9.47 Å². The molecule has 2 aromatic carbocycles. The molecule has 1 aliphatic heterocycles. The van der Waals surface area contributed by atoms with E-state index in [1.165, 1.54) is 0 Å². The van der Waals surface area contributed by atoms with Gasteiger partial charge in [0.2, 0.25) is 5.82 Å². The van der Waals surface area contributed by atoms with E-state index >= 15 is 0 Å². The summed E-state index contributed by atoms with van der Waals surface area (Å²) in [6, 6.07) is 13.4. The van der Waals surface area contributed by atoms with Gasteiger partial charge >= 0.3 is 12.1 Å². The Bertz CT molecular complexity index is 1060. The molecule has 32 heavy (non-hydrogen) atoms. The van der Waals surface area contributed by atoms with Crippen LogP contribution in [0.5, 0.6) is 11.5 Å². The molecule has 0 saturated carbocycles. The highest BCUT2D eigenvalue weighted by Crippen LogP contribution is 2.30. The molecule has 1 amide bonds. The van der Waals surface area contributed by atoms with Gasteiger partial charge in [0.05, 0.1) is 7.11 Å². The third kappa shape index (κ3) is 4.84. The van der Waals surface area contributed by atoms with E-state index in [1.807, 2.05) is 0 Å². The first-order chi connectivity index (χ1) is 15.3. The maximum absolute atomic E-state index is 12.7. The van der Waals surface area contributed by atoms with Crippen LogP contribution in [0, 0.1) is 0 Å². The normalized spacial score (nSPS) is 14.9. The lowest BCUT2D eigenvalue weighted by Crippen LogP contribution is -2.41. The molecule has 3 aromatic rings. The van der Waals surface area contributed by atoms with Gasteiger partial charge in [-0.1, -0.05) is 5.16 Å². The molecule has 0 radical (unpaired) electrons. The van der Waals surface area contributed by atoms with Crippen LogP contribution in [0.2, 0.25) is 0 Å². The standard InChI is InChI=1S/C22H20F3N3O4/c1-30-16-6-4-15(5-7-16)20(29)28-12-10-18(11-13-28)31-17-8-2-14(3-9-17)19-26-21(32-27-19)22(23,24)25/h2-9,18H,10-13H2,1H3. The van der Waals surface area contributed by atoms with Crippen LogP contribution in [0.25, 0.3) is 11.4 Å². The van der Waals surface area contributed by atoms with Crippen molar-refractivity contribution < 1.29 is 32.0 Å². The van der Waals surface area contributed by atoms with Gasteiger partial charge in [-0.25, -0.2) is 0 Å². The van der Waals surface area contributed by atoms with E-state index in [-0.39, 0.29) is 17.8 Å². The largest absolute Gasteiger partial charge is 0.497 e. The summed E-state index contributed by atoms with van der Waals surface area (Å²) in [7, 11) is 1.57. The predicted octanol–water partition coefficient (Wildman–Crippen LogP) is 4.45. The molecule has 2 heterocycles. The second-order valence-electron chi connectivity index (χ2n) is 7.28. The fraction of sp³-hybridized carbons (Fsp3) is 0.318. The molecule has 7 nitrogen and oxygen atoms in total. The Kier molecular flexibility index (Phi) is 6.02. The van der Waals surface area contributed by atoms with Crippen molar-refractivity contribution >= 4 is 5.91 Å². The van der Waals surface area contributed by atoms with Crippen molar-refractivity contribution in [2.24, 2.45) is 0 Å². The first-order valence-corrected chi connectivity index (χ1v) is 9.95. The molecular weight excluding hydrogens is 427 g/mol. The number of halogens is 3. The highest BCUT2D eigenvalue weighted by Gasteiger charge is 2.38. The molecule has 0 atom stereocenters. The number of amides is 1. The van der Waals surface area contributed by atoms with Crippen LogP contribution in [0.15, 0.2) is 53.1 Å². The van der Waals surface area contributed by atoms with Gasteiger partial charge in [0.25, 0.3) is 5.91 Å². The van der Waals surface area contributed by atoms with E-state index in [9.17, 15) is 18.0 Å². The summed E-state index contributed by atoms with van der Waals surface area (Å²) >= 11 is 0. The fourth-order valence-electron chi connectivity index (χ4n) is 3.42. The molecule has 168 valence electrons. The smallest absolute Gasteiger partial charge is 0.471 e. The number of rotatable bonds is 5. The molecule has 1 aliphatic rings. The van der Waals surface area contributed by atoms with Crippen molar-refractivity contribution in [1.29, 1.82) is 0 Å². The van der Waals surface area contributed by atoms with Crippen LogP contribution in [0.3, 0.4) is 0 Å². The second kappa shape index (κ2) is 8.89. The van der Waals surface area contributed by atoms with Gasteiger partial charge in [-0.15, -0.1) is 0 Å². The molecule has 10 heteroatoms. The zero-order valence-corrected chi connectivity index (χ0v) is 17.1. The first kappa shape index (κ1) is 21.7. The summed E-state index contributed by atoms with van der Waals surface area (Å²) < 4.78 is 53.1. The Morgan fingerprint density at radius 1 is 1.03 bits per heavy atom. The third-order valence-corrected chi connectivity index (χ3v) is 5.15. The summed E-state index contributed by atoms with van der Waals surface area (Å²) in [5.74, 6) is -0.292. The van der Waals surface area contributed by atoms with Gasteiger partial charge in [-0.05, 0) is 48.5 Å². The zero-order valence-electron chi connectivity index (χ0n) is 17.1. The number of aromatic nitrogens is 2. The highest BCUT2D eigenvalue weighted by atomic mass is 19.4. The maximum atomic E-state index is 12.7. The van der Waals surface area contributed by atoms with Gasteiger partial charge in [-0.3, -0.25) is 4.79 Å². The molecule has 0 unspecified atom stereocenters. The first-order valence-electron chi connectivity index (χ1n) is 9.95. The van der Waals surface area contributed by atoms with Crippen molar-refractivity contribution in [3.05, 3.63) is 60.0 Å². The van der Waals surface area contributed by atoms with Crippen molar-refractivity contribution in [2.75, 3.05) is 20.2 Å². The van der Waals surface area contributed by atoms with Crippen molar-refractivity contribution in [3.8, 4) is 22.9 Å². The monoisotopic (exact) mass is 447 g/mol. The molecular formula is C22H20F3N3O4. The lowest BCUT2D eigenvalue weighted by Gasteiger charge is -2.32. The number of nitrogens with zero attached hydrogens (tertiary/aromatic N) is 3. The van der Waals surface area contributed by atoms with Crippen molar-refractivity contribution in [2.45, 2.75) is 25.1 Å². The topological polar surface area (TPSA) is 77.7 Å². The fourth-order valence-corrected chi connectivity index (χ4v) is 3.42. The number of hydrogen-bond donors (Lipinski definition) is 0. The summed E-state index contributed by atoms with van der Waals surface area (Å²) in [5.41, 5.74) is 0.993. The number of hydrogen-bond acceptors (Lipinski definition) is 6. The lowest BCUT2D eigenvalue weighted by molar-refractivity contribution is -0.159. The Morgan fingerprint density at radius 3 is 2.22 bits per heavy atom. The molecule has 1 saturated heterocycles. The molecule has 0 N–H and O–H groups in total. The number of carbonyl (C=O) groups excluding carboxylic acids is 1. The second-order valence-corrected chi connectivity index (χ2v) is 7.28. The minimum Gasteiger partial charge on any atom is -0.497 e. The number of alkyl halides is 3. The molecule has 1 fully saturated rings.